The average Bonchev–Trinajstić information content (AvgIpc) is 2.98. The van der Waals surface area contributed by atoms with E-state index in [1.807, 2.05) is 24.3 Å². The fourth-order valence-electron chi connectivity index (χ4n) is 5.92. The summed E-state index contributed by atoms with van der Waals surface area (Å²) >= 11 is 0. The Kier molecular flexibility index (Phi) is 6.59. The highest BCUT2D eigenvalue weighted by atomic mass is 16.3. The number of H-pyrrole nitrogens is 1. The summed E-state index contributed by atoms with van der Waals surface area (Å²) in [5, 5.41) is 14.5. The summed E-state index contributed by atoms with van der Waals surface area (Å²) in [5.74, 6) is -0.00586. The van der Waals surface area contributed by atoms with Crippen LogP contribution in [-0.2, 0) is 4.79 Å². The Hall–Kier alpha value is -2.71. The first kappa shape index (κ1) is 23.4. The molecule has 4 unspecified atom stereocenters. The third kappa shape index (κ3) is 4.54. The topological polar surface area (TPSA) is 106 Å². The standard InChI is InChI=1S/C25H34N4O4/c1-16(2)25-9-8-19(29(25)14-20(31)13-28(3)15-30)11-18(12-25)26-23(32)21-10-17-6-4-5-7-22(17)27-24(21)33/h4-7,10,15-16,18-20,31H,8-9,11-14H2,1-3H3,(H,26,32)(H,27,33). The molecular formula is C25H34N4O4. The molecule has 2 bridgehead atoms. The van der Waals surface area contributed by atoms with Gasteiger partial charge in [-0.05, 0) is 49.1 Å². The highest BCUT2D eigenvalue weighted by Crippen LogP contribution is 2.48. The molecule has 1 aromatic heterocycles. The molecule has 33 heavy (non-hydrogen) atoms. The van der Waals surface area contributed by atoms with Crippen LogP contribution in [-0.4, -0.2) is 76.1 Å². The number of pyridine rings is 1. The zero-order chi connectivity index (χ0) is 23.8. The lowest BCUT2D eigenvalue weighted by Crippen LogP contribution is -2.61. The van der Waals surface area contributed by atoms with Gasteiger partial charge in [-0.3, -0.25) is 19.3 Å². The second-order valence-corrected chi connectivity index (χ2v) is 10.0. The van der Waals surface area contributed by atoms with Crippen LogP contribution in [0.1, 0.15) is 49.9 Å². The van der Waals surface area contributed by atoms with E-state index >= 15 is 0 Å². The second kappa shape index (κ2) is 9.27. The van der Waals surface area contributed by atoms with E-state index in [4.69, 9.17) is 0 Å². The minimum absolute atomic E-state index is 0.0377. The van der Waals surface area contributed by atoms with Crippen LogP contribution in [0.25, 0.3) is 10.9 Å². The molecule has 2 aromatic rings. The number of fused-ring (bicyclic) bond motifs is 3. The van der Waals surface area contributed by atoms with E-state index in [0.717, 1.165) is 37.5 Å². The maximum Gasteiger partial charge on any atom is 0.261 e. The van der Waals surface area contributed by atoms with Crippen molar-refractivity contribution < 1.29 is 14.7 Å². The number of hydrogen-bond donors (Lipinski definition) is 3. The van der Waals surface area contributed by atoms with Crippen molar-refractivity contribution in [2.45, 2.75) is 63.3 Å². The molecule has 4 rings (SSSR count). The number of β-amino-alcohol motifs (C(OH)–C–C–N with tert-alkyl or cyclic N) is 1. The third-order valence-electron chi connectivity index (χ3n) is 7.57. The lowest BCUT2D eigenvalue weighted by atomic mass is 9.76. The number of aromatic nitrogens is 1. The molecule has 178 valence electrons. The summed E-state index contributed by atoms with van der Waals surface area (Å²) < 4.78 is 0. The van der Waals surface area contributed by atoms with Crippen LogP contribution >= 0.6 is 0 Å². The number of aliphatic hydroxyl groups is 1. The van der Waals surface area contributed by atoms with Crippen molar-refractivity contribution in [2.24, 2.45) is 5.92 Å². The number of carbonyl (C=O) groups is 2. The summed E-state index contributed by atoms with van der Waals surface area (Å²) in [4.78, 5) is 43.2. The Morgan fingerprint density at radius 3 is 2.88 bits per heavy atom. The molecule has 4 atom stereocenters. The molecular weight excluding hydrogens is 420 g/mol. The monoisotopic (exact) mass is 454 g/mol. The molecule has 3 N–H and O–H groups in total. The molecule has 0 spiro atoms. The Morgan fingerprint density at radius 2 is 2.15 bits per heavy atom. The maximum atomic E-state index is 13.1. The van der Waals surface area contributed by atoms with Gasteiger partial charge in [-0.15, -0.1) is 0 Å². The van der Waals surface area contributed by atoms with Gasteiger partial charge in [0.05, 0.1) is 6.10 Å². The van der Waals surface area contributed by atoms with Gasteiger partial charge in [-0.2, -0.15) is 0 Å². The van der Waals surface area contributed by atoms with Gasteiger partial charge in [0.25, 0.3) is 11.5 Å². The first-order valence-corrected chi connectivity index (χ1v) is 11.8. The van der Waals surface area contributed by atoms with Gasteiger partial charge < -0.3 is 20.3 Å². The van der Waals surface area contributed by atoms with Gasteiger partial charge in [0.2, 0.25) is 6.41 Å². The fraction of sp³-hybridized carbons (Fsp3) is 0.560. The number of aromatic amines is 1. The molecule has 8 heteroatoms. The number of amides is 2. The number of carbonyl (C=O) groups excluding carboxylic acids is 2. The SMILES string of the molecule is CC(C)C12CCC(CC(NC(=O)c3cc4ccccc4[nH]c3=O)C1)N2CC(O)CN(C)C=O. The highest BCUT2D eigenvalue weighted by molar-refractivity contribution is 5.97. The smallest absolute Gasteiger partial charge is 0.261 e. The zero-order valence-electron chi connectivity index (χ0n) is 19.6. The Bertz CT molecular complexity index is 1080. The van der Waals surface area contributed by atoms with Crippen molar-refractivity contribution in [1.29, 1.82) is 0 Å². The van der Waals surface area contributed by atoms with E-state index in [0.29, 0.717) is 24.5 Å². The van der Waals surface area contributed by atoms with Gasteiger partial charge in [-0.1, -0.05) is 32.0 Å². The van der Waals surface area contributed by atoms with Gasteiger partial charge in [-0.25, -0.2) is 0 Å². The summed E-state index contributed by atoms with van der Waals surface area (Å²) in [6.07, 6.45) is 3.68. The molecule has 0 radical (unpaired) electrons. The van der Waals surface area contributed by atoms with Crippen LogP contribution in [0.3, 0.4) is 0 Å². The van der Waals surface area contributed by atoms with Gasteiger partial charge >= 0.3 is 0 Å². The van der Waals surface area contributed by atoms with Gasteiger partial charge in [0, 0.05) is 43.3 Å². The van der Waals surface area contributed by atoms with Crippen molar-refractivity contribution in [3.05, 3.63) is 46.2 Å². The molecule has 2 aliphatic rings. The number of aliphatic hydroxyl groups excluding tert-OH is 1. The Balaban J connectivity index is 1.50. The zero-order valence-corrected chi connectivity index (χ0v) is 19.6. The number of nitrogens with one attached hydrogen (secondary N) is 2. The third-order valence-corrected chi connectivity index (χ3v) is 7.57. The van der Waals surface area contributed by atoms with Gasteiger partial charge in [0.1, 0.15) is 5.56 Å². The number of nitrogens with zero attached hydrogens (tertiary/aromatic N) is 2. The van der Waals surface area contributed by atoms with Crippen molar-refractivity contribution in [3.63, 3.8) is 0 Å². The normalized spacial score (nSPS) is 25.8. The quantitative estimate of drug-likeness (QED) is 0.527. The number of hydrogen-bond acceptors (Lipinski definition) is 5. The van der Waals surface area contributed by atoms with E-state index < -0.39 is 6.10 Å². The molecule has 0 aliphatic carbocycles. The van der Waals surface area contributed by atoms with E-state index in [2.05, 4.69) is 29.0 Å². The summed E-state index contributed by atoms with van der Waals surface area (Å²) in [5.41, 5.74) is 0.335. The number of likely N-dealkylation sites (N-methyl/N-ethyl adjacent to an activating group) is 1. The molecule has 2 amide bonds. The highest BCUT2D eigenvalue weighted by Gasteiger charge is 2.53. The van der Waals surface area contributed by atoms with E-state index in [9.17, 15) is 19.5 Å². The molecule has 0 saturated carbocycles. The van der Waals surface area contributed by atoms with E-state index in [1.54, 1.807) is 13.1 Å². The predicted octanol–water partition coefficient (Wildman–Crippen LogP) is 1.73. The first-order valence-electron chi connectivity index (χ1n) is 11.8. The lowest BCUT2D eigenvalue weighted by molar-refractivity contribution is -0.118. The fourth-order valence-corrected chi connectivity index (χ4v) is 5.92. The van der Waals surface area contributed by atoms with Crippen LogP contribution in [0.5, 0.6) is 0 Å². The van der Waals surface area contributed by atoms with Crippen molar-refractivity contribution in [2.75, 3.05) is 20.1 Å². The van der Waals surface area contributed by atoms with Crippen LogP contribution in [0.4, 0.5) is 0 Å². The maximum absolute atomic E-state index is 13.1. The van der Waals surface area contributed by atoms with Crippen LogP contribution < -0.4 is 10.9 Å². The second-order valence-electron chi connectivity index (χ2n) is 10.0. The molecule has 2 fully saturated rings. The van der Waals surface area contributed by atoms with Gasteiger partial charge in [0.15, 0.2) is 0 Å². The summed E-state index contributed by atoms with van der Waals surface area (Å²) in [6.45, 7) is 5.19. The molecule has 8 nitrogen and oxygen atoms in total. The Labute approximate surface area is 194 Å². The Morgan fingerprint density at radius 1 is 1.39 bits per heavy atom. The number of rotatable bonds is 8. The molecule has 3 heterocycles. The van der Waals surface area contributed by atoms with Crippen LogP contribution in [0.2, 0.25) is 0 Å². The predicted molar refractivity (Wildman–Crippen MR) is 127 cm³/mol. The summed E-state index contributed by atoms with van der Waals surface area (Å²) in [6, 6.07) is 9.29. The van der Waals surface area contributed by atoms with E-state index in [1.165, 1.54) is 4.90 Å². The van der Waals surface area contributed by atoms with Crippen molar-refractivity contribution in [1.82, 2.24) is 20.1 Å². The van der Waals surface area contributed by atoms with Crippen LogP contribution in [0.15, 0.2) is 35.1 Å². The number of benzene rings is 1. The average molecular weight is 455 g/mol. The van der Waals surface area contributed by atoms with Crippen LogP contribution in [0, 0.1) is 5.92 Å². The minimum atomic E-state index is -0.624. The van der Waals surface area contributed by atoms with Crippen molar-refractivity contribution in [3.8, 4) is 0 Å². The summed E-state index contributed by atoms with van der Waals surface area (Å²) in [7, 11) is 1.67. The number of piperidine rings is 1. The van der Waals surface area contributed by atoms with E-state index in [-0.39, 0.29) is 34.7 Å². The number of para-hydroxylation sites is 1. The first-order chi connectivity index (χ1) is 15.7. The molecule has 2 aliphatic heterocycles. The minimum Gasteiger partial charge on any atom is -0.390 e. The van der Waals surface area contributed by atoms with Crippen molar-refractivity contribution >= 4 is 23.2 Å². The largest absolute Gasteiger partial charge is 0.390 e. The molecule has 2 saturated heterocycles. The lowest BCUT2D eigenvalue weighted by Gasteiger charge is -2.51. The molecule has 1 aromatic carbocycles.